The Kier molecular flexibility index (Phi) is 5.98. The fraction of sp³-hybridized carbons (Fsp3) is 0.429. The van der Waals surface area contributed by atoms with Gasteiger partial charge in [-0.25, -0.2) is 0 Å². The standard InChI is InChI=1S/C14H20ClN3O2/c1-4-10(16)8-13(19)17-12-7-9(5-6-11(12)15)14(20)18(2)3/h5-7,10H,4,8,16H2,1-3H3,(H,17,19). The van der Waals surface area contributed by atoms with Gasteiger partial charge in [0.2, 0.25) is 5.91 Å². The molecule has 110 valence electrons. The Morgan fingerprint density at radius 3 is 2.60 bits per heavy atom. The Morgan fingerprint density at radius 2 is 2.05 bits per heavy atom. The maximum absolute atomic E-state index is 11.9. The number of hydrogen-bond donors (Lipinski definition) is 2. The molecule has 0 aromatic heterocycles. The summed E-state index contributed by atoms with van der Waals surface area (Å²) in [7, 11) is 3.32. The number of benzene rings is 1. The van der Waals surface area contributed by atoms with Gasteiger partial charge in [0.1, 0.15) is 0 Å². The summed E-state index contributed by atoms with van der Waals surface area (Å²) < 4.78 is 0. The third kappa shape index (κ3) is 4.51. The van der Waals surface area contributed by atoms with Gasteiger partial charge < -0.3 is 16.0 Å². The molecule has 3 N–H and O–H groups in total. The van der Waals surface area contributed by atoms with Crippen molar-refractivity contribution in [1.29, 1.82) is 0 Å². The Labute approximate surface area is 124 Å². The quantitative estimate of drug-likeness (QED) is 0.874. The number of amides is 2. The second kappa shape index (κ2) is 7.26. The number of carbonyl (C=O) groups is 2. The van der Waals surface area contributed by atoms with Crippen LogP contribution >= 0.6 is 11.6 Å². The topological polar surface area (TPSA) is 75.4 Å². The molecule has 1 rings (SSSR count). The lowest BCUT2D eigenvalue weighted by Crippen LogP contribution is -2.26. The molecule has 2 amide bonds. The Balaban J connectivity index is 2.87. The zero-order valence-corrected chi connectivity index (χ0v) is 12.7. The summed E-state index contributed by atoms with van der Waals surface area (Å²) in [5.41, 5.74) is 6.62. The summed E-state index contributed by atoms with van der Waals surface area (Å²) in [5, 5.41) is 3.08. The van der Waals surface area contributed by atoms with Crippen molar-refractivity contribution in [3.63, 3.8) is 0 Å². The number of carbonyl (C=O) groups excluding carboxylic acids is 2. The van der Waals surface area contributed by atoms with E-state index in [2.05, 4.69) is 5.32 Å². The van der Waals surface area contributed by atoms with Crippen molar-refractivity contribution < 1.29 is 9.59 Å². The molecule has 0 saturated carbocycles. The Bertz CT molecular complexity index is 503. The van der Waals surface area contributed by atoms with Crippen LogP contribution in [0.4, 0.5) is 5.69 Å². The fourth-order valence-electron chi connectivity index (χ4n) is 1.60. The maximum atomic E-state index is 11.9. The average molecular weight is 298 g/mol. The third-order valence-corrected chi connectivity index (χ3v) is 3.20. The highest BCUT2D eigenvalue weighted by molar-refractivity contribution is 6.33. The molecule has 6 heteroatoms. The number of hydrogen-bond acceptors (Lipinski definition) is 3. The molecule has 0 aliphatic rings. The Hall–Kier alpha value is -1.59. The average Bonchev–Trinajstić information content (AvgIpc) is 2.40. The van der Waals surface area contributed by atoms with Crippen molar-refractivity contribution in [3.05, 3.63) is 28.8 Å². The van der Waals surface area contributed by atoms with Crippen LogP contribution in [0.3, 0.4) is 0 Å². The molecule has 0 heterocycles. The smallest absolute Gasteiger partial charge is 0.253 e. The van der Waals surface area contributed by atoms with Gasteiger partial charge in [-0.2, -0.15) is 0 Å². The van der Waals surface area contributed by atoms with E-state index in [0.29, 0.717) is 16.3 Å². The van der Waals surface area contributed by atoms with E-state index in [-0.39, 0.29) is 24.3 Å². The van der Waals surface area contributed by atoms with E-state index in [1.165, 1.54) is 4.90 Å². The number of anilines is 1. The first-order chi connectivity index (χ1) is 9.35. The summed E-state index contributed by atoms with van der Waals surface area (Å²) >= 11 is 6.02. The normalized spacial score (nSPS) is 11.8. The van der Waals surface area contributed by atoms with E-state index in [1.807, 2.05) is 6.92 Å². The number of halogens is 1. The van der Waals surface area contributed by atoms with Crippen molar-refractivity contribution in [2.24, 2.45) is 5.73 Å². The molecule has 20 heavy (non-hydrogen) atoms. The number of nitrogens with zero attached hydrogens (tertiary/aromatic N) is 1. The van der Waals surface area contributed by atoms with Crippen LogP contribution in [0.5, 0.6) is 0 Å². The predicted molar refractivity (Wildman–Crippen MR) is 81.0 cm³/mol. The molecule has 1 aromatic carbocycles. The van der Waals surface area contributed by atoms with Gasteiger partial charge in [-0.1, -0.05) is 18.5 Å². The zero-order valence-electron chi connectivity index (χ0n) is 11.9. The lowest BCUT2D eigenvalue weighted by molar-refractivity contribution is -0.116. The molecule has 5 nitrogen and oxygen atoms in total. The molecule has 0 aliphatic heterocycles. The molecule has 1 atom stereocenters. The number of nitrogens with two attached hydrogens (primary N) is 1. The third-order valence-electron chi connectivity index (χ3n) is 2.87. The highest BCUT2D eigenvalue weighted by Crippen LogP contribution is 2.23. The lowest BCUT2D eigenvalue weighted by Gasteiger charge is -2.14. The van der Waals surface area contributed by atoms with Gasteiger partial charge in [0.25, 0.3) is 5.91 Å². The minimum Gasteiger partial charge on any atom is -0.345 e. The monoisotopic (exact) mass is 297 g/mol. The van der Waals surface area contributed by atoms with Crippen molar-refractivity contribution in [3.8, 4) is 0 Å². The molecule has 1 aromatic rings. The number of rotatable bonds is 5. The summed E-state index contributed by atoms with van der Waals surface area (Å²) in [4.78, 5) is 25.1. The second-order valence-electron chi connectivity index (χ2n) is 4.81. The van der Waals surface area contributed by atoms with Gasteiger partial charge in [0.05, 0.1) is 10.7 Å². The highest BCUT2D eigenvalue weighted by atomic mass is 35.5. The van der Waals surface area contributed by atoms with Crippen LogP contribution in [0, 0.1) is 0 Å². The maximum Gasteiger partial charge on any atom is 0.253 e. The van der Waals surface area contributed by atoms with E-state index in [0.717, 1.165) is 6.42 Å². The first kappa shape index (κ1) is 16.5. The van der Waals surface area contributed by atoms with Crippen LogP contribution < -0.4 is 11.1 Å². The van der Waals surface area contributed by atoms with E-state index in [9.17, 15) is 9.59 Å². The molecule has 0 bridgehead atoms. The van der Waals surface area contributed by atoms with Gasteiger partial charge in [-0.3, -0.25) is 9.59 Å². The minimum atomic E-state index is -0.212. The van der Waals surface area contributed by atoms with Crippen LogP contribution in [-0.4, -0.2) is 36.9 Å². The Morgan fingerprint density at radius 1 is 1.40 bits per heavy atom. The van der Waals surface area contributed by atoms with Crippen molar-refractivity contribution in [2.45, 2.75) is 25.8 Å². The van der Waals surface area contributed by atoms with Crippen LogP contribution in [0.25, 0.3) is 0 Å². The van der Waals surface area contributed by atoms with E-state index >= 15 is 0 Å². The molecule has 0 saturated heterocycles. The van der Waals surface area contributed by atoms with Crippen LogP contribution in [0.1, 0.15) is 30.1 Å². The SMILES string of the molecule is CCC(N)CC(=O)Nc1cc(C(=O)N(C)C)ccc1Cl. The molecular formula is C14H20ClN3O2. The van der Waals surface area contributed by atoms with Gasteiger partial charge in [0.15, 0.2) is 0 Å². The summed E-state index contributed by atoms with van der Waals surface area (Å²) in [6.45, 7) is 1.92. The van der Waals surface area contributed by atoms with Crippen molar-refractivity contribution >= 4 is 29.1 Å². The number of nitrogens with one attached hydrogen (secondary N) is 1. The van der Waals surface area contributed by atoms with Gasteiger partial charge in [-0.05, 0) is 24.6 Å². The zero-order chi connectivity index (χ0) is 15.3. The van der Waals surface area contributed by atoms with Gasteiger partial charge in [-0.15, -0.1) is 0 Å². The van der Waals surface area contributed by atoms with E-state index in [1.54, 1.807) is 32.3 Å². The van der Waals surface area contributed by atoms with Gasteiger partial charge >= 0.3 is 0 Å². The first-order valence-electron chi connectivity index (χ1n) is 6.41. The fourth-order valence-corrected chi connectivity index (χ4v) is 1.76. The van der Waals surface area contributed by atoms with Crippen LogP contribution in [0.2, 0.25) is 5.02 Å². The van der Waals surface area contributed by atoms with Crippen molar-refractivity contribution in [1.82, 2.24) is 4.90 Å². The van der Waals surface area contributed by atoms with Crippen LogP contribution in [-0.2, 0) is 4.79 Å². The highest BCUT2D eigenvalue weighted by Gasteiger charge is 2.13. The van der Waals surface area contributed by atoms with E-state index < -0.39 is 0 Å². The van der Waals surface area contributed by atoms with Crippen molar-refractivity contribution in [2.75, 3.05) is 19.4 Å². The first-order valence-corrected chi connectivity index (χ1v) is 6.79. The van der Waals surface area contributed by atoms with Gasteiger partial charge in [0, 0.05) is 32.1 Å². The second-order valence-corrected chi connectivity index (χ2v) is 5.22. The summed E-state index contributed by atoms with van der Waals surface area (Å²) in [5.74, 6) is -0.363. The van der Waals surface area contributed by atoms with E-state index in [4.69, 9.17) is 17.3 Å². The minimum absolute atomic E-state index is 0.151. The molecule has 0 fully saturated rings. The van der Waals surface area contributed by atoms with Crippen LogP contribution in [0.15, 0.2) is 18.2 Å². The predicted octanol–water partition coefficient (Wildman–Crippen LogP) is 2.11. The molecular weight excluding hydrogens is 278 g/mol. The molecule has 1 unspecified atom stereocenters. The molecule has 0 spiro atoms. The largest absolute Gasteiger partial charge is 0.345 e. The summed E-state index contributed by atoms with van der Waals surface area (Å²) in [6, 6.07) is 4.60. The lowest BCUT2D eigenvalue weighted by atomic mass is 10.1. The molecule has 0 aliphatic carbocycles. The molecule has 0 radical (unpaired) electrons. The summed E-state index contributed by atoms with van der Waals surface area (Å²) in [6.07, 6.45) is 0.943.